The lowest BCUT2D eigenvalue weighted by atomic mass is 10.2. The van der Waals surface area contributed by atoms with Crippen molar-refractivity contribution >= 4 is 23.7 Å². The molecule has 4 aromatic rings. The van der Waals surface area contributed by atoms with Crippen molar-refractivity contribution in [2.45, 2.75) is 13.2 Å². The molecule has 0 unspecified atom stereocenters. The Balaban J connectivity index is 1.27. The predicted octanol–water partition coefficient (Wildman–Crippen LogP) is 6.26. The van der Waals surface area contributed by atoms with E-state index in [0.29, 0.717) is 35.3 Å². The minimum Gasteiger partial charge on any atom is -0.489 e. The van der Waals surface area contributed by atoms with E-state index in [-0.39, 0.29) is 5.91 Å². The maximum absolute atomic E-state index is 12.4. The summed E-state index contributed by atoms with van der Waals surface area (Å²) in [4.78, 5) is 12.4. The largest absolute Gasteiger partial charge is 0.489 e. The molecule has 1 N–H and O–H groups in total. The van der Waals surface area contributed by atoms with E-state index in [2.05, 4.69) is 10.5 Å². The smallest absolute Gasteiger partial charge is 0.271 e. The second-order valence-electron chi connectivity index (χ2n) is 7.49. The number of carbonyl (C=O) groups is 1. The Bertz CT molecular complexity index is 1240. The zero-order chi connectivity index (χ0) is 23.6. The molecule has 0 aromatic heterocycles. The Hall–Kier alpha value is -4.09. The average molecular weight is 471 g/mol. The summed E-state index contributed by atoms with van der Waals surface area (Å²) in [5, 5.41) is 4.75. The van der Waals surface area contributed by atoms with E-state index in [0.717, 1.165) is 16.7 Å². The van der Waals surface area contributed by atoms with Gasteiger partial charge in [-0.25, -0.2) is 5.43 Å². The van der Waals surface area contributed by atoms with Crippen LogP contribution in [0.5, 0.6) is 11.5 Å². The molecule has 0 heterocycles. The second-order valence-corrected chi connectivity index (χ2v) is 7.92. The van der Waals surface area contributed by atoms with Gasteiger partial charge >= 0.3 is 0 Å². The van der Waals surface area contributed by atoms with E-state index < -0.39 is 0 Å². The minimum absolute atomic E-state index is 0.305. The number of rotatable bonds is 9. The van der Waals surface area contributed by atoms with Crippen molar-refractivity contribution in [3.63, 3.8) is 0 Å². The van der Waals surface area contributed by atoms with Crippen LogP contribution in [-0.4, -0.2) is 12.1 Å². The van der Waals surface area contributed by atoms with Crippen molar-refractivity contribution in [3.05, 3.63) is 130 Å². The van der Waals surface area contributed by atoms with Gasteiger partial charge < -0.3 is 9.47 Å². The summed E-state index contributed by atoms with van der Waals surface area (Å²) in [7, 11) is 0. The summed E-state index contributed by atoms with van der Waals surface area (Å²) in [6.07, 6.45) is 1.57. The lowest BCUT2D eigenvalue weighted by Crippen LogP contribution is -2.17. The van der Waals surface area contributed by atoms with Crippen LogP contribution >= 0.6 is 11.6 Å². The molecule has 0 atom stereocenters. The Morgan fingerprint density at radius 3 is 2.18 bits per heavy atom. The highest BCUT2D eigenvalue weighted by atomic mass is 35.5. The Morgan fingerprint density at radius 1 is 0.765 bits per heavy atom. The maximum atomic E-state index is 12.4. The van der Waals surface area contributed by atoms with Gasteiger partial charge in [-0.3, -0.25) is 4.79 Å². The van der Waals surface area contributed by atoms with Crippen molar-refractivity contribution in [2.75, 3.05) is 0 Å². The first-order valence-electron chi connectivity index (χ1n) is 10.7. The monoisotopic (exact) mass is 470 g/mol. The summed E-state index contributed by atoms with van der Waals surface area (Å²) in [5.74, 6) is 1.09. The summed E-state index contributed by atoms with van der Waals surface area (Å²) in [6.45, 7) is 0.902. The van der Waals surface area contributed by atoms with Crippen LogP contribution in [0.1, 0.15) is 27.0 Å². The molecule has 5 nitrogen and oxygen atoms in total. The first-order chi connectivity index (χ1) is 16.7. The number of hydrazone groups is 1. The topological polar surface area (TPSA) is 59.9 Å². The standard InChI is InChI=1S/C28H23ClN2O3/c29-25-13-9-22(10-14-25)20-34-27-8-4-7-23(17-27)18-30-31-28(32)24-11-15-26(16-12-24)33-19-21-5-2-1-3-6-21/h1-18H,19-20H2,(H,31,32)/b30-18+. The SMILES string of the molecule is O=C(N/N=C/c1cccc(OCc2ccc(Cl)cc2)c1)c1ccc(OCc2ccccc2)cc1. The van der Waals surface area contributed by atoms with Crippen LogP contribution in [0.25, 0.3) is 0 Å². The molecule has 34 heavy (non-hydrogen) atoms. The van der Waals surface area contributed by atoms with Crippen LogP contribution in [-0.2, 0) is 13.2 Å². The molecule has 0 aliphatic heterocycles. The van der Waals surface area contributed by atoms with Gasteiger partial charge in [-0.1, -0.05) is 66.2 Å². The number of carbonyl (C=O) groups excluding carboxylic acids is 1. The van der Waals surface area contributed by atoms with E-state index >= 15 is 0 Å². The van der Waals surface area contributed by atoms with E-state index in [1.807, 2.05) is 78.9 Å². The fraction of sp³-hybridized carbons (Fsp3) is 0.0714. The van der Waals surface area contributed by atoms with Crippen molar-refractivity contribution < 1.29 is 14.3 Å². The lowest BCUT2D eigenvalue weighted by molar-refractivity contribution is 0.0955. The minimum atomic E-state index is -0.305. The summed E-state index contributed by atoms with van der Waals surface area (Å²) in [5.41, 5.74) is 5.94. The van der Waals surface area contributed by atoms with Gasteiger partial charge in [-0.15, -0.1) is 0 Å². The highest BCUT2D eigenvalue weighted by molar-refractivity contribution is 6.30. The highest BCUT2D eigenvalue weighted by Gasteiger charge is 2.05. The van der Waals surface area contributed by atoms with Gasteiger partial charge in [0.25, 0.3) is 5.91 Å². The molecular weight excluding hydrogens is 448 g/mol. The van der Waals surface area contributed by atoms with Crippen molar-refractivity contribution in [1.29, 1.82) is 0 Å². The quantitative estimate of drug-likeness (QED) is 0.232. The number of hydrogen-bond donors (Lipinski definition) is 1. The van der Waals surface area contributed by atoms with Crippen LogP contribution in [0.15, 0.2) is 108 Å². The van der Waals surface area contributed by atoms with Gasteiger partial charge in [-0.05, 0) is 65.2 Å². The molecule has 0 bridgehead atoms. The van der Waals surface area contributed by atoms with Crippen molar-refractivity contribution in [2.24, 2.45) is 5.10 Å². The summed E-state index contributed by atoms with van der Waals surface area (Å²) in [6, 6.07) is 31.8. The first-order valence-corrected chi connectivity index (χ1v) is 11.1. The van der Waals surface area contributed by atoms with Gasteiger partial charge in [-0.2, -0.15) is 5.10 Å². The number of benzene rings is 4. The van der Waals surface area contributed by atoms with Crippen molar-refractivity contribution in [1.82, 2.24) is 5.43 Å². The van der Waals surface area contributed by atoms with Crippen LogP contribution < -0.4 is 14.9 Å². The number of amides is 1. The number of nitrogens with one attached hydrogen (secondary N) is 1. The molecule has 0 radical (unpaired) electrons. The molecule has 4 aromatic carbocycles. The molecule has 0 saturated heterocycles. The predicted molar refractivity (Wildman–Crippen MR) is 135 cm³/mol. The van der Waals surface area contributed by atoms with Gasteiger partial charge in [0.1, 0.15) is 24.7 Å². The molecule has 0 saturated carbocycles. The van der Waals surface area contributed by atoms with Crippen LogP contribution in [0.4, 0.5) is 0 Å². The molecule has 1 amide bonds. The van der Waals surface area contributed by atoms with Gasteiger partial charge in [0, 0.05) is 10.6 Å². The average Bonchev–Trinajstić information content (AvgIpc) is 2.88. The molecule has 4 rings (SSSR count). The van der Waals surface area contributed by atoms with Gasteiger partial charge in [0.05, 0.1) is 6.21 Å². The highest BCUT2D eigenvalue weighted by Crippen LogP contribution is 2.16. The fourth-order valence-corrected chi connectivity index (χ4v) is 3.23. The van der Waals surface area contributed by atoms with Crippen LogP contribution in [0.2, 0.25) is 5.02 Å². The Morgan fingerprint density at radius 2 is 1.44 bits per heavy atom. The molecular formula is C28H23ClN2O3. The number of hydrogen-bond acceptors (Lipinski definition) is 4. The molecule has 0 aliphatic carbocycles. The summed E-state index contributed by atoms with van der Waals surface area (Å²) >= 11 is 5.91. The van der Waals surface area contributed by atoms with E-state index in [1.54, 1.807) is 30.5 Å². The van der Waals surface area contributed by atoms with E-state index in [4.69, 9.17) is 21.1 Å². The second kappa shape index (κ2) is 11.7. The zero-order valence-corrected chi connectivity index (χ0v) is 19.1. The third-order valence-electron chi connectivity index (χ3n) is 4.92. The number of ether oxygens (including phenoxy) is 2. The molecule has 170 valence electrons. The van der Waals surface area contributed by atoms with E-state index in [9.17, 15) is 4.79 Å². The van der Waals surface area contributed by atoms with E-state index in [1.165, 1.54) is 0 Å². The molecule has 0 fully saturated rings. The molecule has 6 heteroatoms. The Kier molecular flexibility index (Phi) is 7.93. The Labute approximate surface area is 203 Å². The normalized spacial score (nSPS) is 10.7. The number of halogens is 1. The van der Waals surface area contributed by atoms with Gasteiger partial charge in [0.15, 0.2) is 0 Å². The lowest BCUT2D eigenvalue weighted by Gasteiger charge is -2.07. The van der Waals surface area contributed by atoms with Crippen LogP contribution in [0, 0.1) is 0 Å². The fourth-order valence-electron chi connectivity index (χ4n) is 3.11. The zero-order valence-electron chi connectivity index (χ0n) is 18.4. The molecule has 0 spiro atoms. The van der Waals surface area contributed by atoms with Crippen LogP contribution in [0.3, 0.4) is 0 Å². The van der Waals surface area contributed by atoms with Gasteiger partial charge in [0.2, 0.25) is 0 Å². The third-order valence-corrected chi connectivity index (χ3v) is 5.17. The third kappa shape index (κ3) is 6.95. The maximum Gasteiger partial charge on any atom is 0.271 e. The first kappa shape index (κ1) is 23.1. The summed E-state index contributed by atoms with van der Waals surface area (Å²) < 4.78 is 11.6. The molecule has 0 aliphatic rings. The van der Waals surface area contributed by atoms with Crippen molar-refractivity contribution in [3.8, 4) is 11.5 Å². The number of nitrogens with zero attached hydrogens (tertiary/aromatic N) is 1.